The van der Waals surface area contributed by atoms with E-state index in [4.69, 9.17) is 14.0 Å². The Labute approximate surface area is 164 Å². The molecule has 0 spiro atoms. The number of methoxy groups -OCH3 is 2. The normalized spacial score (nSPS) is 16.3. The lowest BCUT2D eigenvalue weighted by atomic mass is 10.1. The van der Waals surface area contributed by atoms with E-state index in [0.29, 0.717) is 22.9 Å². The average molecular weight is 401 g/mol. The first-order valence-electron chi connectivity index (χ1n) is 8.81. The number of amides is 1. The van der Waals surface area contributed by atoms with Gasteiger partial charge < -0.3 is 18.9 Å². The molecule has 9 heteroatoms. The summed E-state index contributed by atoms with van der Waals surface area (Å²) in [5.74, 6) is -0.478. The number of hydrogen-bond acceptors (Lipinski definition) is 6. The minimum Gasteiger partial charge on any atom is -0.493 e. The van der Waals surface area contributed by atoms with Crippen LogP contribution in [0.4, 0.5) is 14.5 Å². The lowest BCUT2D eigenvalue weighted by molar-refractivity contribution is -0.117. The van der Waals surface area contributed by atoms with Crippen LogP contribution in [0.1, 0.15) is 18.2 Å². The van der Waals surface area contributed by atoms with Gasteiger partial charge in [0, 0.05) is 30.5 Å². The minimum absolute atomic E-state index is 0.0301. The van der Waals surface area contributed by atoms with Gasteiger partial charge in [0.25, 0.3) is 5.89 Å². The third-order valence-corrected chi connectivity index (χ3v) is 4.76. The van der Waals surface area contributed by atoms with Crippen LogP contribution in [-0.2, 0) is 4.79 Å². The molecule has 29 heavy (non-hydrogen) atoms. The largest absolute Gasteiger partial charge is 0.493 e. The molecule has 3 aromatic rings. The minimum atomic E-state index is -0.793. The highest BCUT2D eigenvalue weighted by atomic mass is 19.1. The first-order valence-corrected chi connectivity index (χ1v) is 8.81. The zero-order valence-electron chi connectivity index (χ0n) is 15.7. The van der Waals surface area contributed by atoms with Gasteiger partial charge >= 0.3 is 0 Å². The standard InChI is InChI=1S/C20H17F2N3O4/c1-27-16-6-3-11(7-17(16)28-2)20-23-19(24-29-20)12-8-18(26)25(10-12)15-5-4-13(21)9-14(15)22/h3-7,9,12H,8,10H2,1-2H3. The fourth-order valence-electron chi connectivity index (χ4n) is 3.30. The van der Waals surface area contributed by atoms with Crippen molar-refractivity contribution in [2.45, 2.75) is 12.3 Å². The Bertz CT molecular complexity index is 1070. The number of nitrogens with zero attached hydrogens (tertiary/aromatic N) is 3. The monoisotopic (exact) mass is 401 g/mol. The number of anilines is 1. The van der Waals surface area contributed by atoms with Crippen LogP contribution in [0.5, 0.6) is 11.5 Å². The second kappa shape index (κ2) is 7.50. The molecule has 150 valence electrons. The molecule has 2 heterocycles. The van der Waals surface area contributed by atoms with Crippen LogP contribution in [0.2, 0.25) is 0 Å². The summed E-state index contributed by atoms with van der Waals surface area (Å²) in [4.78, 5) is 18.0. The lowest BCUT2D eigenvalue weighted by Crippen LogP contribution is -2.25. The molecule has 4 rings (SSSR count). The second-order valence-electron chi connectivity index (χ2n) is 6.53. The molecule has 0 aliphatic carbocycles. The highest BCUT2D eigenvalue weighted by molar-refractivity contribution is 5.96. The maximum atomic E-state index is 14.1. The molecule has 0 radical (unpaired) electrons. The van der Waals surface area contributed by atoms with Gasteiger partial charge in [-0.1, -0.05) is 5.16 Å². The molecular weight excluding hydrogens is 384 g/mol. The molecule has 2 aromatic carbocycles. The van der Waals surface area contributed by atoms with Gasteiger partial charge in [-0.25, -0.2) is 8.78 Å². The first kappa shape index (κ1) is 18.9. The summed E-state index contributed by atoms with van der Waals surface area (Å²) in [6, 6.07) is 8.28. The molecule has 1 aliphatic rings. The van der Waals surface area contributed by atoms with Crippen molar-refractivity contribution in [1.29, 1.82) is 0 Å². The molecule has 1 aromatic heterocycles. The molecular formula is C20H17F2N3O4. The van der Waals surface area contributed by atoms with E-state index in [1.165, 1.54) is 25.2 Å². The number of aromatic nitrogens is 2. The molecule has 1 amide bonds. The highest BCUT2D eigenvalue weighted by Crippen LogP contribution is 2.35. The van der Waals surface area contributed by atoms with E-state index in [-0.39, 0.29) is 36.4 Å². The van der Waals surface area contributed by atoms with E-state index in [0.717, 1.165) is 12.1 Å². The van der Waals surface area contributed by atoms with Crippen LogP contribution < -0.4 is 14.4 Å². The van der Waals surface area contributed by atoms with Gasteiger partial charge in [0.2, 0.25) is 5.91 Å². The Hall–Kier alpha value is -3.49. The van der Waals surface area contributed by atoms with Gasteiger partial charge in [0.05, 0.1) is 19.9 Å². The SMILES string of the molecule is COc1ccc(-c2nc(C3CC(=O)N(c4ccc(F)cc4F)C3)no2)cc1OC. The van der Waals surface area contributed by atoms with Gasteiger partial charge in [-0.3, -0.25) is 4.79 Å². The van der Waals surface area contributed by atoms with Crippen molar-refractivity contribution in [1.82, 2.24) is 10.1 Å². The summed E-state index contributed by atoms with van der Waals surface area (Å²) in [5, 5.41) is 3.98. The number of benzene rings is 2. The Kier molecular flexibility index (Phi) is 4.87. The maximum absolute atomic E-state index is 14.1. The van der Waals surface area contributed by atoms with E-state index >= 15 is 0 Å². The fourth-order valence-corrected chi connectivity index (χ4v) is 3.30. The van der Waals surface area contributed by atoms with Crippen LogP contribution in [0.25, 0.3) is 11.5 Å². The number of hydrogen-bond donors (Lipinski definition) is 0. The average Bonchev–Trinajstić information content (AvgIpc) is 3.34. The summed E-state index contributed by atoms with van der Waals surface area (Å²) in [6.07, 6.45) is 0.0989. The smallest absolute Gasteiger partial charge is 0.258 e. The number of carbonyl (C=O) groups is 1. The van der Waals surface area contributed by atoms with E-state index in [1.807, 2.05) is 0 Å². The topological polar surface area (TPSA) is 77.7 Å². The van der Waals surface area contributed by atoms with E-state index in [9.17, 15) is 13.6 Å². The van der Waals surface area contributed by atoms with Crippen molar-refractivity contribution >= 4 is 11.6 Å². The quantitative estimate of drug-likeness (QED) is 0.651. The van der Waals surface area contributed by atoms with Gasteiger partial charge in [-0.05, 0) is 30.3 Å². The zero-order valence-corrected chi connectivity index (χ0v) is 15.7. The summed E-state index contributed by atoms with van der Waals surface area (Å²) in [5.41, 5.74) is 0.662. The maximum Gasteiger partial charge on any atom is 0.258 e. The summed E-state index contributed by atoms with van der Waals surface area (Å²) in [7, 11) is 3.06. The Morgan fingerprint density at radius 3 is 2.62 bits per heavy atom. The van der Waals surface area contributed by atoms with Crippen molar-refractivity contribution < 1.29 is 27.6 Å². The summed E-state index contributed by atoms with van der Waals surface area (Å²) < 4.78 is 43.0. The predicted molar refractivity (Wildman–Crippen MR) is 98.9 cm³/mol. The summed E-state index contributed by atoms with van der Waals surface area (Å²) in [6.45, 7) is 0.173. The van der Waals surface area contributed by atoms with E-state index < -0.39 is 11.6 Å². The zero-order chi connectivity index (χ0) is 20.5. The molecule has 1 fully saturated rings. The fraction of sp³-hybridized carbons (Fsp3) is 0.250. The van der Waals surface area contributed by atoms with Crippen LogP contribution >= 0.6 is 0 Å². The molecule has 1 saturated heterocycles. The number of carbonyl (C=O) groups excluding carboxylic acids is 1. The first-order chi connectivity index (χ1) is 14.0. The predicted octanol–water partition coefficient (Wildman–Crippen LogP) is 3.55. The van der Waals surface area contributed by atoms with Crippen LogP contribution in [-0.4, -0.2) is 36.8 Å². The number of rotatable bonds is 5. The number of ether oxygens (including phenoxy) is 2. The van der Waals surface area contributed by atoms with Gasteiger partial charge in [0.1, 0.15) is 11.6 Å². The van der Waals surface area contributed by atoms with Crippen LogP contribution in [0.15, 0.2) is 40.9 Å². The lowest BCUT2D eigenvalue weighted by Gasteiger charge is -2.16. The molecule has 0 saturated carbocycles. The summed E-state index contributed by atoms with van der Waals surface area (Å²) >= 11 is 0. The molecule has 0 N–H and O–H groups in total. The van der Waals surface area contributed by atoms with Crippen molar-refractivity contribution in [2.75, 3.05) is 25.7 Å². The molecule has 7 nitrogen and oxygen atoms in total. The van der Waals surface area contributed by atoms with E-state index in [1.54, 1.807) is 18.2 Å². The van der Waals surface area contributed by atoms with Gasteiger partial charge in [-0.15, -0.1) is 0 Å². The molecule has 1 atom stereocenters. The Morgan fingerprint density at radius 1 is 1.10 bits per heavy atom. The van der Waals surface area contributed by atoms with Crippen molar-refractivity contribution in [3.63, 3.8) is 0 Å². The highest BCUT2D eigenvalue weighted by Gasteiger charge is 2.35. The van der Waals surface area contributed by atoms with Crippen molar-refractivity contribution in [2.24, 2.45) is 0 Å². The van der Waals surface area contributed by atoms with Crippen LogP contribution in [0.3, 0.4) is 0 Å². The van der Waals surface area contributed by atoms with Crippen molar-refractivity contribution in [3.8, 4) is 23.0 Å². The van der Waals surface area contributed by atoms with Gasteiger partial charge in [-0.2, -0.15) is 4.98 Å². The number of halogens is 2. The third-order valence-electron chi connectivity index (χ3n) is 4.76. The molecule has 0 bridgehead atoms. The molecule has 1 unspecified atom stereocenters. The van der Waals surface area contributed by atoms with Crippen LogP contribution in [0, 0.1) is 11.6 Å². The third kappa shape index (κ3) is 3.51. The Balaban J connectivity index is 1.57. The Morgan fingerprint density at radius 2 is 1.90 bits per heavy atom. The van der Waals surface area contributed by atoms with Crippen molar-refractivity contribution in [3.05, 3.63) is 53.9 Å². The van der Waals surface area contributed by atoms with E-state index in [2.05, 4.69) is 10.1 Å². The van der Waals surface area contributed by atoms with Gasteiger partial charge in [0.15, 0.2) is 17.3 Å². The second-order valence-corrected chi connectivity index (χ2v) is 6.53. The molecule has 1 aliphatic heterocycles.